The summed E-state index contributed by atoms with van der Waals surface area (Å²) in [5.74, 6) is 0.513. The van der Waals surface area contributed by atoms with Crippen LogP contribution in [0.5, 0.6) is 5.75 Å². The lowest BCUT2D eigenvalue weighted by molar-refractivity contribution is -0.139. The van der Waals surface area contributed by atoms with E-state index in [0.29, 0.717) is 6.61 Å². The fraction of sp³-hybridized carbons (Fsp3) is 0.462. The lowest BCUT2D eigenvalue weighted by atomic mass is 10.1. The molecule has 100 valence electrons. The van der Waals surface area contributed by atoms with Crippen LogP contribution in [0, 0.1) is 0 Å². The van der Waals surface area contributed by atoms with Gasteiger partial charge in [-0.2, -0.15) is 0 Å². The number of halogens is 2. The van der Waals surface area contributed by atoms with Crippen molar-refractivity contribution in [2.75, 3.05) is 19.0 Å². The standard InChI is InChI=1S/C13H16Br2O3/c1-17-13(16)12(15)10-4-6-11(7-5-10)18-9-3-2-8-14/h4-7,12H,2-3,8-9H2,1H3. The van der Waals surface area contributed by atoms with E-state index >= 15 is 0 Å². The minimum Gasteiger partial charge on any atom is -0.494 e. The second-order valence-corrected chi connectivity index (χ2v) is 5.41. The van der Waals surface area contributed by atoms with Gasteiger partial charge in [-0.3, -0.25) is 4.79 Å². The van der Waals surface area contributed by atoms with E-state index in [1.807, 2.05) is 24.3 Å². The number of benzene rings is 1. The molecule has 0 radical (unpaired) electrons. The number of hydrogen-bond acceptors (Lipinski definition) is 3. The SMILES string of the molecule is COC(=O)C(Br)c1ccc(OCCCCBr)cc1. The molecule has 1 aromatic rings. The lowest BCUT2D eigenvalue weighted by Crippen LogP contribution is -2.08. The maximum atomic E-state index is 11.3. The molecule has 0 aliphatic rings. The Balaban J connectivity index is 2.49. The third-order valence-electron chi connectivity index (χ3n) is 2.38. The van der Waals surface area contributed by atoms with Gasteiger partial charge in [-0.25, -0.2) is 0 Å². The number of unbranched alkanes of at least 4 members (excludes halogenated alkanes) is 1. The van der Waals surface area contributed by atoms with Gasteiger partial charge >= 0.3 is 5.97 Å². The highest BCUT2D eigenvalue weighted by atomic mass is 79.9. The largest absolute Gasteiger partial charge is 0.494 e. The number of alkyl halides is 2. The van der Waals surface area contributed by atoms with Crippen molar-refractivity contribution in [3.05, 3.63) is 29.8 Å². The molecule has 1 atom stereocenters. The molecule has 0 heterocycles. The highest BCUT2D eigenvalue weighted by molar-refractivity contribution is 9.09. The fourth-order valence-electron chi connectivity index (χ4n) is 1.36. The summed E-state index contributed by atoms with van der Waals surface area (Å²) in [6.45, 7) is 0.708. The highest BCUT2D eigenvalue weighted by Crippen LogP contribution is 2.25. The van der Waals surface area contributed by atoms with Crippen molar-refractivity contribution >= 4 is 37.8 Å². The van der Waals surface area contributed by atoms with Crippen LogP contribution < -0.4 is 4.74 Å². The molecular formula is C13H16Br2O3. The van der Waals surface area contributed by atoms with Crippen molar-refractivity contribution in [1.82, 2.24) is 0 Å². The topological polar surface area (TPSA) is 35.5 Å². The zero-order valence-corrected chi connectivity index (χ0v) is 13.4. The number of carbonyl (C=O) groups excluding carboxylic acids is 1. The number of methoxy groups -OCH3 is 1. The van der Waals surface area contributed by atoms with E-state index in [2.05, 4.69) is 36.6 Å². The first-order valence-corrected chi connectivity index (χ1v) is 7.73. The summed E-state index contributed by atoms with van der Waals surface area (Å²) in [4.78, 5) is 10.9. The summed E-state index contributed by atoms with van der Waals surface area (Å²) in [5, 5.41) is 1.000. The van der Waals surface area contributed by atoms with Crippen molar-refractivity contribution in [1.29, 1.82) is 0 Å². The van der Waals surface area contributed by atoms with Gasteiger partial charge in [0.05, 0.1) is 13.7 Å². The summed E-state index contributed by atoms with van der Waals surface area (Å²) < 4.78 is 10.2. The Morgan fingerprint density at radius 3 is 2.50 bits per heavy atom. The Labute approximate surface area is 124 Å². The Bertz CT molecular complexity index is 365. The second-order valence-electron chi connectivity index (χ2n) is 3.70. The Morgan fingerprint density at radius 2 is 1.94 bits per heavy atom. The molecule has 0 fully saturated rings. The maximum absolute atomic E-state index is 11.3. The molecule has 0 aromatic heterocycles. The van der Waals surface area contributed by atoms with Crippen LogP contribution >= 0.6 is 31.9 Å². The van der Waals surface area contributed by atoms with E-state index < -0.39 is 4.83 Å². The Kier molecular flexibility index (Phi) is 7.35. The van der Waals surface area contributed by atoms with E-state index in [1.165, 1.54) is 7.11 Å². The van der Waals surface area contributed by atoms with Gasteiger partial charge in [-0.1, -0.05) is 44.0 Å². The van der Waals surface area contributed by atoms with Crippen molar-refractivity contribution in [2.45, 2.75) is 17.7 Å². The van der Waals surface area contributed by atoms with Gasteiger partial charge in [-0.15, -0.1) is 0 Å². The van der Waals surface area contributed by atoms with Crippen LogP contribution in [0.2, 0.25) is 0 Å². The lowest BCUT2D eigenvalue weighted by Gasteiger charge is -2.09. The van der Waals surface area contributed by atoms with Crippen LogP contribution in [0.4, 0.5) is 0 Å². The summed E-state index contributed by atoms with van der Waals surface area (Å²) in [7, 11) is 1.37. The van der Waals surface area contributed by atoms with E-state index in [-0.39, 0.29) is 5.97 Å². The molecule has 0 aliphatic heterocycles. The van der Waals surface area contributed by atoms with Gasteiger partial charge in [0.15, 0.2) is 0 Å². The number of hydrogen-bond donors (Lipinski definition) is 0. The first-order valence-electron chi connectivity index (χ1n) is 5.69. The third kappa shape index (κ3) is 4.98. The second kappa shape index (κ2) is 8.53. The van der Waals surface area contributed by atoms with Crippen LogP contribution in [0.25, 0.3) is 0 Å². The zero-order valence-electron chi connectivity index (χ0n) is 10.2. The van der Waals surface area contributed by atoms with Crippen molar-refractivity contribution in [2.24, 2.45) is 0 Å². The Hall–Kier alpha value is -0.550. The van der Waals surface area contributed by atoms with Crippen LogP contribution in [0.15, 0.2) is 24.3 Å². The first kappa shape index (κ1) is 15.5. The van der Waals surface area contributed by atoms with Gasteiger partial charge in [0.2, 0.25) is 0 Å². The minimum absolute atomic E-state index is 0.305. The fourth-order valence-corrected chi connectivity index (χ4v) is 2.25. The monoisotopic (exact) mass is 378 g/mol. The van der Waals surface area contributed by atoms with Gasteiger partial charge in [0.25, 0.3) is 0 Å². The summed E-state index contributed by atoms with van der Waals surface area (Å²) in [6.07, 6.45) is 2.13. The smallest absolute Gasteiger partial charge is 0.323 e. The van der Waals surface area contributed by atoms with E-state index in [0.717, 1.165) is 29.5 Å². The van der Waals surface area contributed by atoms with Crippen LogP contribution in [-0.2, 0) is 9.53 Å². The van der Waals surface area contributed by atoms with E-state index in [1.54, 1.807) is 0 Å². The summed E-state index contributed by atoms with van der Waals surface area (Å²) >= 11 is 6.67. The zero-order chi connectivity index (χ0) is 13.4. The molecule has 0 saturated heterocycles. The number of carbonyl (C=O) groups is 1. The van der Waals surface area contributed by atoms with Gasteiger partial charge in [0.1, 0.15) is 10.6 Å². The number of ether oxygens (including phenoxy) is 2. The number of rotatable bonds is 7. The van der Waals surface area contributed by atoms with Crippen molar-refractivity contribution < 1.29 is 14.3 Å². The molecule has 0 spiro atoms. The average molecular weight is 380 g/mol. The highest BCUT2D eigenvalue weighted by Gasteiger charge is 2.17. The van der Waals surface area contributed by atoms with Crippen molar-refractivity contribution in [3.63, 3.8) is 0 Å². The summed E-state index contributed by atoms with van der Waals surface area (Å²) in [6, 6.07) is 7.44. The van der Waals surface area contributed by atoms with E-state index in [9.17, 15) is 4.79 Å². The number of esters is 1. The molecular weight excluding hydrogens is 364 g/mol. The normalized spacial score (nSPS) is 11.9. The molecule has 1 rings (SSSR count). The predicted octanol–water partition coefficient (Wildman–Crippen LogP) is 3.85. The van der Waals surface area contributed by atoms with E-state index in [4.69, 9.17) is 4.74 Å². The maximum Gasteiger partial charge on any atom is 0.323 e. The molecule has 5 heteroatoms. The minimum atomic E-state index is -0.426. The molecule has 18 heavy (non-hydrogen) atoms. The third-order valence-corrected chi connectivity index (χ3v) is 3.84. The quantitative estimate of drug-likeness (QED) is 0.410. The van der Waals surface area contributed by atoms with Crippen LogP contribution in [0.1, 0.15) is 23.2 Å². The first-order chi connectivity index (χ1) is 8.69. The Morgan fingerprint density at radius 1 is 1.28 bits per heavy atom. The van der Waals surface area contributed by atoms with Crippen LogP contribution in [0.3, 0.4) is 0 Å². The molecule has 0 aliphatic carbocycles. The molecule has 0 bridgehead atoms. The van der Waals surface area contributed by atoms with Gasteiger partial charge in [-0.05, 0) is 30.5 Å². The molecule has 1 unspecified atom stereocenters. The average Bonchev–Trinajstić information content (AvgIpc) is 2.42. The molecule has 0 amide bonds. The molecule has 0 N–H and O–H groups in total. The molecule has 0 saturated carbocycles. The van der Waals surface area contributed by atoms with Gasteiger partial charge < -0.3 is 9.47 Å². The predicted molar refractivity (Wildman–Crippen MR) is 78.6 cm³/mol. The molecule has 3 nitrogen and oxygen atoms in total. The van der Waals surface area contributed by atoms with Gasteiger partial charge in [0, 0.05) is 5.33 Å². The van der Waals surface area contributed by atoms with Crippen LogP contribution in [-0.4, -0.2) is 25.0 Å². The molecule has 1 aromatic carbocycles. The summed E-state index contributed by atoms with van der Waals surface area (Å²) in [5.41, 5.74) is 0.856. The van der Waals surface area contributed by atoms with Crippen molar-refractivity contribution in [3.8, 4) is 5.75 Å².